The van der Waals surface area contributed by atoms with Gasteiger partial charge in [-0.05, 0) is 42.0 Å². The number of fused-ring (bicyclic) bond motifs is 1. The van der Waals surface area contributed by atoms with Gasteiger partial charge in [-0.3, -0.25) is 4.79 Å². The fourth-order valence-electron chi connectivity index (χ4n) is 2.34. The van der Waals surface area contributed by atoms with E-state index in [-0.39, 0.29) is 12.7 Å². The fourth-order valence-corrected chi connectivity index (χ4v) is 2.47. The molecule has 4 rings (SSSR count). The van der Waals surface area contributed by atoms with E-state index in [0.717, 1.165) is 5.56 Å². The van der Waals surface area contributed by atoms with Crippen LogP contribution in [0, 0.1) is 0 Å². The number of ether oxygens (including phenoxy) is 2. The second-order valence-corrected chi connectivity index (χ2v) is 5.74. The van der Waals surface area contributed by atoms with Gasteiger partial charge in [0.2, 0.25) is 12.6 Å². The molecule has 0 spiro atoms. The number of carbonyl (C=O) groups is 1. The van der Waals surface area contributed by atoms with Crippen molar-refractivity contribution in [2.75, 3.05) is 6.79 Å². The van der Waals surface area contributed by atoms with Crippen LogP contribution in [0.3, 0.4) is 0 Å². The molecule has 0 saturated carbocycles. The van der Waals surface area contributed by atoms with Crippen molar-refractivity contribution < 1.29 is 18.8 Å². The molecule has 0 bridgehead atoms. The lowest BCUT2D eigenvalue weighted by atomic mass is 10.2. The van der Waals surface area contributed by atoms with Gasteiger partial charge in [0.25, 0.3) is 0 Å². The van der Waals surface area contributed by atoms with E-state index in [4.69, 9.17) is 25.6 Å². The van der Waals surface area contributed by atoms with E-state index >= 15 is 0 Å². The van der Waals surface area contributed by atoms with Crippen molar-refractivity contribution in [3.8, 4) is 22.9 Å². The van der Waals surface area contributed by atoms with Crippen LogP contribution in [0.5, 0.6) is 11.5 Å². The van der Waals surface area contributed by atoms with Gasteiger partial charge in [-0.2, -0.15) is 4.98 Å². The van der Waals surface area contributed by atoms with E-state index in [1.54, 1.807) is 30.3 Å². The molecule has 25 heavy (non-hydrogen) atoms. The Kier molecular flexibility index (Phi) is 3.99. The summed E-state index contributed by atoms with van der Waals surface area (Å²) < 4.78 is 15.6. The van der Waals surface area contributed by atoms with Gasteiger partial charge in [0.05, 0.1) is 0 Å². The molecule has 1 aliphatic heterocycles. The van der Waals surface area contributed by atoms with E-state index in [0.29, 0.717) is 34.5 Å². The summed E-state index contributed by atoms with van der Waals surface area (Å²) in [4.78, 5) is 16.3. The van der Waals surface area contributed by atoms with Gasteiger partial charge in [-0.1, -0.05) is 22.8 Å². The van der Waals surface area contributed by atoms with Crippen molar-refractivity contribution in [2.45, 2.75) is 6.54 Å². The minimum Gasteiger partial charge on any atom is -0.454 e. The number of benzene rings is 2. The summed E-state index contributed by atoms with van der Waals surface area (Å²) in [7, 11) is 0. The lowest BCUT2D eigenvalue weighted by Gasteiger charge is -2.03. The molecule has 3 aromatic rings. The van der Waals surface area contributed by atoms with Crippen molar-refractivity contribution in [2.24, 2.45) is 0 Å². The topological polar surface area (TPSA) is 86.5 Å². The van der Waals surface area contributed by atoms with Gasteiger partial charge in [-0.25, -0.2) is 0 Å². The predicted molar refractivity (Wildman–Crippen MR) is 88.5 cm³/mol. The molecular weight excluding hydrogens is 346 g/mol. The minimum absolute atomic E-state index is 0.106. The van der Waals surface area contributed by atoms with Crippen LogP contribution in [-0.4, -0.2) is 22.8 Å². The zero-order valence-electron chi connectivity index (χ0n) is 12.9. The van der Waals surface area contributed by atoms with Crippen LogP contribution < -0.4 is 14.8 Å². The summed E-state index contributed by atoms with van der Waals surface area (Å²) in [5, 5.41) is 7.15. The Hall–Kier alpha value is -3.06. The molecule has 0 radical (unpaired) electrons. The van der Waals surface area contributed by atoms with Crippen molar-refractivity contribution in [3.05, 3.63) is 58.9 Å². The third kappa shape index (κ3) is 3.27. The minimum atomic E-state index is -0.453. The smallest absolute Gasteiger partial charge is 0.316 e. The average Bonchev–Trinajstić information content (AvgIpc) is 3.29. The Morgan fingerprint density at radius 3 is 2.76 bits per heavy atom. The van der Waals surface area contributed by atoms with Crippen LogP contribution in [-0.2, 0) is 6.54 Å². The van der Waals surface area contributed by atoms with Crippen molar-refractivity contribution in [1.29, 1.82) is 0 Å². The highest BCUT2D eigenvalue weighted by atomic mass is 35.5. The van der Waals surface area contributed by atoms with E-state index < -0.39 is 5.91 Å². The highest BCUT2D eigenvalue weighted by molar-refractivity contribution is 6.30. The third-order valence-corrected chi connectivity index (χ3v) is 3.86. The van der Waals surface area contributed by atoms with Crippen LogP contribution in [0.15, 0.2) is 47.0 Å². The second-order valence-electron chi connectivity index (χ2n) is 5.30. The first-order valence-electron chi connectivity index (χ1n) is 7.45. The zero-order valence-corrected chi connectivity index (χ0v) is 13.6. The first-order chi connectivity index (χ1) is 12.2. The van der Waals surface area contributed by atoms with E-state index in [1.165, 1.54) is 0 Å². The number of hydrogen-bond acceptors (Lipinski definition) is 6. The molecule has 0 saturated heterocycles. The number of halogens is 1. The summed E-state index contributed by atoms with van der Waals surface area (Å²) in [6, 6.07) is 12.4. The number of carbonyl (C=O) groups excluding carboxylic acids is 1. The zero-order chi connectivity index (χ0) is 17.2. The first-order valence-corrected chi connectivity index (χ1v) is 7.83. The largest absolute Gasteiger partial charge is 0.454 e. The monoisotopic (exact) mass is 357 g/mol. The van der Waals surface area contributed by atoms with Gasteiger partial charge in [-0.15, -0.1) is 0 Å². The lowest BCUT2D eigenvalue weighted by molar-refractivity contribution is 0.0907. The number of nitrogens with zero attached hydrogens (tertiary/aromatic N) is 2. The van der Waals surface area contributed by atoms with Gasteiger partial charge < -0.3 is 19.3 Å². The highest BCUT2D eigenvalue weighted by Crippen LogP contribution is 2.32. The SMILES string of the molecule is O=C(NCc1ccc2c(c1)OCO2)c1nc(-c2ccc(Cl)cc2)no1. The highest BCUT2D eigenvalue weighted by Gasteiger charge is 2.17. The molecular formula is C17H12ClN3O4. The normalized spacial score (nSPS) is 12.2. The fraction of sp³-hybridized carbons (Fsp3) is 0.118. The summed E-state index contributed by atoms with van der Waals surface area (Å²) in [6.45, 7) is 0.509. The van der Waals surface area contributed by atoms with Crippen molar-refractivity contribution in [3.63, 3.8) is 0 Å². The van der Waals surface area contributed by atoms with Crippen LogP contribution in [0.2, 0.25) is 5.02 Å². The molecule has 0 atom stereocenters. The van der Waals surface area contributed by atoms with Gasteiger partial charge in [0.1, 0.15) is 0 Å². The van der Waals surface area contributed by atoms with E-state index in [2.05, 4.69) is 15.5 Å². The maximum Gasteiger partial charge on any atom is 0.316 e. The maximum atomic E-state index is 12.2. The number of hydrogen-bond donors (Lipinski definition) is 1. The maximum absolute atomic E-state index is 12.2. The quantitative estimate of drug-likeness (QED) is 0.772. The average molecular weight is 358 g/mol. The second kappa shape index (κ2) is 6.45. The van der Waals surface area contributed by atoms with E-state index in [1.807, 2.05) is 12.1 Å². The number of nitrogens with one attached hydrogen (secondary N) is 1. The van der Waals surface area contributed by atoms with Gasteiger partial charge in [0, 0.05) is 17.1 Å². The lowest BCUT2D eigenvalue weighted by Crippen LogP contribution is -2.23. The first kappa shape index (κ1) is 15.5. The molecule has 0 fully saturated rings. The molecule has 126 valence electrons. The molecule has 8 heteroatoms. The predicted octanol–water partition coefficient (Wildman–Crippen LogP) is 3.05. The summed E-state index contributed by atoms with van der Waals surface area (Å²) in [5.41, 5.74) is 1.58. The summed E-state index contributed by atoms with van der Waals surface area (Å²) in [5.74, 6) is 1.12. The van der Waals surface area contributed by atoms with Crippen molar-refractivity contribution >= 4 is 17.5 Å². The molecule has 1 N–H and O–H groups in total. The molecule has 1 aromatic heterocycles. The molecule has 2 heterocycles. The van der Waals surface area contributed by atoms with Crippen LogP contribution in [0.1, 0.15) is 16.2 Å². The Morgan fingerprint density at radius 1 is 1.12 bits per heavy atom. The number of amides is 1. The third-order valence-electron chi connectivity index (χ3n) is 3.61. The van der Waals surface area contributed by atoms with Gasteiger partial charge >= 0.3 is 11.8 Å². The van der Waals surface area contributed by atoms with Crippen molar-refractivity contribution in [1.82, 2.24) is 15.5 Å². The Bertz CT molecular complexity index is 924. The molecule has 1 amide bonds. The number of aromatic nitrogens is 2. The summed E-state index contributed by atoms with van der Waals surface area (Å²) in [6.07, 6.45) is 0. The Balaban J connectivity index is 1.42. The molecule has 0 aliphatic carbocycles. The standard InChI is InChI=1S/C17H12ClN3O4/c18-12-4-2-11(3-5-12)15-20-17(25-21-15)16(22)19-8-10-1-6-13-14(7-10)24-9-23-13/h1-7H,8-9H2,(H,19,22). The molecule has 0 unspecified atom stereocenters. The number of rotatable bonds is 4. The molecule has 2 aromatic carbocycles. The molecule has 1 aliphatic rings. The van der Waals surface area contributed by atoms with Crippen LogP contribution in [0.4, 0.5) is 0 Å². The van der Waals surface area contributed by atoms with Gasteiger partial charge in [0.15, 0.2) is 11.5 Å². The van der Waals surface area contributed by atoms with E-state index in [9.17, 15) is 4.79 Å². The Morgan fingerprint density at radius 2 is 1.92 bits per heavy atom. The molecule has 7 nitrogen and oxygen atoms in total. The Labute approximate surface area is 147 Å². The van der Waals surface area contributed by atoms with Crippen LogP contribution in [0.25, 0.3) is 11.4 Å². The summed E-state index contributed by atoms with van der Waals surface area (Å²) >= 11 is 5.84. The van der Waals surface area contributed by atoms with Crippen LogP contribution >= 0.6 is 11.6 Å².